The molecule has 1 saturated heterocycles. The first kappa shape index (κ1) is 14.8. The molecule has 2 aromatic carbocycles. The minimum atomic E-state index is 0.246. The molecule has 1 heterocycles. The average molecular weight is 347 g/mol. The Kier molecular flexibility index (Phi) is 5.47. The van der Waals surface area contributed by atoms with E-state index in [1.807, 2.05) is 6.07 Å². The topological polar surface area (TPSA) is 18.5 Å². The van der Waals surface area contributed by atoms with Gasteiger partial charge < -0.3 is 0 Å². The summed E-state index contributed by atoms with van der Waals surface area (Å²) in [6, 6.07) is 21.1. The Morgan fingerprint density at radius 1 is 1.00 bits per heavy atom. The van der Waals surface area contributed by atoms with Gasteiger partial charge in [-0.3, -0.25) is 0 Å². The van der Waals surface area contributed by atoms with Gasteiger partial charge in [0.2, 0.25) is 0 Å². The molecule has 0 amide bonds. The summed E-state index contributed by atoms with van der Waals surface area (Å²) in [7, 11) is 0. The Labute approximate surface area is 132 Å². The van der Waals surface area contributed by atoms with Crippen molar-refractivity contribution in [3.05, 3.63) is 66.2 Å². The molecule has 2 atom stereocenters. The van der Waals surface area contributed by atoms with Crippen LogP contribution >= 0.6 is 0 Å². The molecule has 1 aliphatic heterocycles. The van der Waals surface area contributed by atoms with Crippen molar-refractivity contribution in [1.29, 1.82) is 0 Å². The molecule has 110 valence electrons. The number of hydrogen-bond donors (Lipinski definition) is 0. The summed E-state index contributed by atoms with van der Waals surface area (Å²) < 4.78 is 13.4. The summed E-state index contributed by atoms with van der Waals surface area (Å²) in [5.74, 6) is 0. The zero-order valence-corrected chi connectivity index (χ0v) is 13.7. The van der Waals surface area contributed by atoms with Crippen LogP contribution in [0.2, 0.25) is 5.32 Å². The van der Waals surface area contributed by atoms with Crippen molar-refractivity contribution >= 4 is 19.4 Å². The van der Waals surface area contributed by atoms with Crippen LogP contribution in [0.4, 0.5) is 0 Å². The third-order valence-electron chi connectivity index (χ3n) is 3.61. The fraction of sp³-hybridized carbons (Fsp3) is 0.333. The number of benzene rings is 2. The molecule has 0 bridgehead atoms. The van der Waals surface area contributed by atoms with Gasteiger partial charge >= 0.3 is 132 Å². The van der Waals surface area contributed by atoms with Gasteiger partial charge in [0.25, 0.3) is 0 Å². The van der Waals surface area contributed by atoms with E-state index in [4.69, 9.17) is 9.47 Å². The molecule has 3 rings (SSSR count). The predicted octanol–water partition coefficient (Wildman–Crippen LogP) is 2.81. The Hall–Kier alpha value is -1.12. The third-order valence-corrected chi connectivity index (χ3v) is 5.92. The first-order valence-electron chi connectivity index (χ1n) is 7.37. The third kappa shape index (κ3) is 4.42. The van der Waals surface area contributed by atoms with Gasteiger partial charge in [-0.15, -0.1) is 0 Å². The van der Waals surface area contributed by atoms with Crippen molar-refractivity contribution in [1.82, 2.24) is 0 Å². The minimum absolute atomic E-state index is 0.246. The molecule has 1 fully saturated rings. The summed E-state index contributed by atoms with van der Waals surface area (Å²) in [4.78, 5) is 0. The second-order valence-electron chi connectivity index (χ2n) is 5.16. The maximum absolute atomic E-state index is 6.08. The van der Waals surface area contributed by atoms with Crippen molar-refractivity contribution in [2.75, 3.05) is 6.61 Å². The summed E-state index contributed by atoms with van der Waals surface area (Å²) in [5.41, 5.74) is 1.23. The van der Waals surface area contributed by atoms with Gasteiger partial charge in [0.15, 0.2) is 0 Å². The van der Waals surface area contributed by atoms with Crippen LogP contribution in [0.25, 0.3) is 0 Å². The fourth-order valence-electron chi connectivity index (χ4n) is 2.45. The van der Waals surface area contributed by atoms with Gasteiger partial charge in [0, 0.05) is 0 Å². The second kappa shape index (κ2) is 7.76. The zero-order chi connectivity index (χ0) is 14.3. The molecule has 0 radical (unpaired) electrons. The molecule has 0 N–H and O–H groups in total. The molecule has 0 aliphatic carbocycles. The average Bonchev–Trinajstić information content (AvgIpc) is 3.00. The van der Waals surface area contributed by atoms with Crippen LogP contribution in [0.15, 0.2) is 60.7 Å². The van der Waals surface area contributed by atoms with Crippen LogP contribution in [-0.2, 0) is 16.1 Å². The summed E-state index contributed by atoms with van der Waals surface area (Å²) in [6.07, 6.45) is 1.52. The number of rotatable bonds is 6. The van der Waals surface area contributed by atoms with E-state index >= 15 is 0 Å². The Balaban J connectivity index is 1.49. The van der Waals surface area contributed by atoms with Crippen LogP contribution in [-0.4, -0.2) is 33.8 Å². The van der Waals surface area contributed by atoms with E-state index in [-0.39, 0.29) is 12.2 Å². The van der Waals surface area contributed by atoms with E-state index in [2.05, 4.69) is 54.6 Å². The van der Waals surface area contributed by atoms with E-state index < -0.39 is 0 Å². The predicted molar refractivity (Wildman–Crippen MR) is 86.0 cm³/mol. The Morgan fingerprint density at radius 2 is 1.71 bits per heavy atom. The van der Waals surface area contributed by atoms with Gasteiger partial charge in [-0.05, 0) is 0 Å². The van der Waals surface area contributed by atoms with E-state index in [1.165, 1.54) is 10.0 Å². The zero-order valence-electron chi connectivity index (χ0n) is 12.0. The van der Waals surface area contributed by atoms with E-state index in [0.29, 0.717) is 21.6 Å². The van der Waals surface area contributed by atoms with Crippen molar-refractivity contribution in [3.8, 4) is 0 Å². The van der Waals surface area contributed by atoms with E-state index in [1.54, 1.807) is 0 Å². The van der Waals surface area contributed by atoms with Gasteiger partial charge in [0.1, 0.15) is 0 Å². The molecule has 0 unspecified atom stereocenters. The molecule has 2 nitrogen and oxygen atoms in total. The van der Waals surface area contributed by atoms with Crippen molar-refractivity contribution in [2.24, 2.45) is 0 Å². The van der Waals surface area contributed by atoms with Crippen LogP contribution in [0, 0.1) is 0 Å². The molecular formula is C18H20O2Se. The summed E-state index contributed by atoms with van der Waals surface area (Å²) in [6.45, 7) is 1.51. The number of ether oxygens (including phenoxy) is 2. The van der Waals surface area contributed by atoms with Gasteiger partial charge in [-0.2, -0.15) is 0 Å². The normalized spacial score (nSPS) is 21.5. The first-order valence-corrected chi connectivity index (χ1v) is 9.43. The molecule has 0 saturated carbocycles. The molecule has 1 aliphatic rings. The van der Waals surface area contributed by atoms with Gasteiger partial charge in [0.05, 0.1) is 0 Å². The van der Waals surface area contributed by atoms with Crippen LogP contribution in [0.1, 0.15) is 12.0 Å². The standard InChI is InChI=1S/C18H20O2Se/c1-3-7-15(8-4-1)13-20-17-11-12-19-18(17)14-21-16-9-5-2-6-10-16/h1-10,17-18H,11-14H2/t17-,18+/m0/s1. The number of hydrogen-bond acceptors (Lipinski definition) is 2. The molecule has 0 spiro atoms. The molecule has 3 heteroatoms. The fourth-order valence-corrected chi connectivity index (χ4v) is 4.58. The molecule has 2 aromatic rings. The first-order chi connectivity index (χ1) is 10.4. The van der Waals surface area contributed by atoms with Crippen molar-refractivity contribution in [2.45, 2.75) is 30.6 Å². The maximum atomic E-state index is 6.08. The van der Waals surface area contributed by atoms with Crippen molar-refractivity contribution < 1.29 is 9.47 Å². The van der Waals surface area contributed by atoms with Gasteiger partial charge in [-0.25, -0.2) is 0 Å². The molecular weight excluding hydrogens is 327 g/mol. The Bertz CT molecular complexity index is 480. The van der Waals surface area contributed by atoms with E-state index in [0.717, 1.165) is 18.3 Å². The van der Waals surface area contributed by atoms with E-state index in [9.17, 15) is 0 Å². The van der Waals surface area contributed by atoms with Crippen molar-refractivity contribution in [3.63, 3.8) is 0 Å². The SMILES string of the molecule is c1ccc(CO[C@H]2CCO[C@@H]2C[Se]c2ccccc2)cc1. The quantitative estimate of drug-likeness (QED) is 0.748. The van der Waals surface area contributed by atoms with Crippen LogP contribution in [0.3, 0.4) is 0 Å². The Morgan fingerprint density at radius 3 is 2.48 bits per heavy atom. The summed E-state index contributed by atoms with van der Waals surface area (Å²) >= 11 is 0.463. The molecule has 21 heavy (non-hydrogen) atoms. The monoisotopic (exact) mass is 348 g/mol. The van der Waals surface area contributed by atoms with Crippen LogP contribution in [0.5, 0.6) is 0 Å². The molecule has 0 aromatic heterocycles. The summed E-state index contributed by atoms with van der Waals surface area (Å²) in [5, 5.41) is 1.09. The van der Waals surface area contributed by atoms with Crippen LogP contribution < -0.4 is 4.46 Å². The van der Waals surface area contributed by atoms with Gasteiger partial charge in [-0.1, -0.05) is 0 Å². The second-order valence-corrected chi connectivity index (χ2v) is 7.45.